The lowest BCUT2D eigenvalue weighted by atomic mass is 10.1. The highest BCUT2D eigenvalue weighted by molar-refractivity contribution is 5.94. The predicted molar refractivity (Wildman–Crippen MR) is 85.9 cm³/mol. The molecule has 3 aromatic rings. The van der Waals surface area contributed by atoms with E-state index in [1.54, 1.807) is 18.3 Å². The first kappa shape index (κ1) is 16.4. The maximum absolute atomic E-state index is 13.5. The minimum Gasteiger partial charge on any atom is -0.478 e. The third-order valence-corrected chi connectivity index (χ3v) is 3.31. The van der Waals surface area contributed by atoms with Gasteiger partial charge in [-0.15, -0.1) is 0 Å². The highest BCUT2D eigenvalue weighted by Gasteiger charge is 2.17. The minimum atomic E-state index is -1.30. The normalized spacial score (nSPS) is 10.5. The Labute approximate surface area is 141 Å². The second-order valence-corrected chi connectivity index (χ2v) is 5.09. The maximum atomic E-state index is 13.5. The monoisotopic (exact) mass is 342 g/mol. The van der Waals surface area contributed by atoms with Crippen molar-refractivity contribution in [3.8, 4) is 11.3 Å². The fourth-order valence-corrected chi connectivity index (χ4v) is 2.21. The summed E-state index contributed by atoms with van der Waals surface area (Å²) in [7, 11) is 0. The van der Waals surface area contributed by atoms with E-state index in [1.807, 2.05) is 6.07 Å². The predicted octanol–water partition coefficient (Wildman–Crippen LogP) is 3.13. The van der Waals surface area contributed by atoms with Crippen LogP contribution in [-0.4, -0.2) is 26.0 Å². The van der Waals surface area contributed by atoms with Crippen LogP contribution in [0.2, 0.25) is 0 Å². The van der Waals surface area contributed by atoms with Gasteiger partial charge in [0.2, 0.25) is 5.95 Å². The molecule has 0 spiro atoms. The molecule has 0 amide bonds. The SMILES string of the molecule is O=C(O)c1cnc(NCc2ccccn2)nc1-c1cc(F)cc(F)c1. The summed E-state index contributed by atoms with van der Waals surface area (Å²) < 4.78 is 26.9. The van der Waals surface area contributed by atoms with Gasteiger partial charge >= 0.3 is 5.97 Å². The van der Waals surface area contributed by atoms with E-state index in [-0.39, 0.29) is 22.8 Å². The number of hydrogen-bond donors (Lipinski definition) is 2. The van der Waals surface area contributed by atoms with Gasteiger partial charge < -0.3 is 10.4 Å². The van der Waals surface area contributed by atoms with Gasteiger partial charge in [-0.05, 0) is 24.3 Å². The third-order valence-electron chi connectivity index (χ3n) is 3.31. The number of carbonyl (C=O) groups is 1. The van der Waals surface area contributed by atoms with Crippen LogP contribution in [-0.2, 0) is 6.54 Å². The number of nitrogens with one attached hydrogen (secondary N) is 1. The Hall–Kier alpha value is -3.42. The van der Waals surface area contributed by atoms with E-state index in [0.29, 0.717) is 12.6 Å². The summed E-state index contributed by atoms with van der Waals surface area (Å²) in [5.74, 6) is -2.83. The van der Waals surface area contributed by atoms with Crippen molar-refractivity contribution in [2.75, 3.05) is 5.32 Å². The molecule has 0 bridgehead atoms. The lowest BCUT2D eigenvalue weighted by Crippen LogP contribution is -2.09. The average Bonchev–Trinajstić information content (AvgIpc) is 2.59. The Morgan fingerprint density at radius 1 is 1.12 bits per heavy atom. The van der Waals surface area contributed by atoms with Crippen LogP contribution in [0.5, 0.6) is 0 Å². The van der Waals surface area contributed by atoms with Crippen LogP contribution in [0, 0.1) is 11.6 Å². The molecule has 8 heteroatoms. The second-order valence-electron chi connectivity index (χ2n) is 5.09. The minimum absolute atomic E-state index is 0.0122. The van der Waals surface area contributed by atoms with Crippen molar-refractivity contribution in [1.82, 2.24) is 15.0 Å². The molecule has 0 aliphatic heterocycles. The Bertz CT molecular complexity index is 900. The fourth-order valence-electron chi connectivity index (χ4n) is 2.21. The van der Waals surface area contributed by atoms with Crippen LogP contribution in [0.4, 0.5) is 14.7 Å². The van der Waals surface area contributed by atoms with Crippen molar-refractivity contribution in [2.24, 2.45) is 0 Å². The molecule has 0 saturated heterocycles. The molecule has 0 unspecified atom stereocenters. The zero-order valence-electron chi connectivity index (χ0n) is 12.8. The summed E-state index contributed by atoms with van der Waals surface area (Å²) >= 11 is 0. The van der Waals surface area contributed by atoms with E-state index in [2.05, 4.69) is 20.3 Å². The van der Waals surface area contributed by atoms with E-state index < -0.39 is 17.6 Å². The largest absolute Gasteiger partial charge is 0.478 e. The number of aromatic carboxylic acids is 1. The van der Waals surface area contributed by atoms with Crippen LogP contribution < -0.4 is 5.32 Å². The molecule has 0 atom stereocenters. The van der Waals surface area contributed by atoms with Crippen molar-refractivity contribution >= 4 is 11.9 Å². The molecule has 0 aliphatic rings. The molecular weight excluding hydrogens is 330 g/mol. The molecular formula is C17H12F2N4O2. The molecule has 1 aromatic carbocycles. The average molecular weight is 342 g/mol. The maximum Gasteiger partial charge on any atom is 0.339 e. The van der Waals surface area contributed by atoms with Gasteiger partial charge in [-0.3, -0.25) is 4.98 Å². The number of pyridine rings is 1. The second kappa shape index (κ2) is 7.00. The molecule has 3 rings (SSSR count). The number of carboxylic acid groups (broad SMARTS) is 1. The first-order valence-corrected chi connectivity index (χ1v) is 7.23. The highest BCUT2D eigenvalue weighted by atomic mass is 19.1. The Morgan fingerprint density at radius 3 is 2.52 bits per heavy atom. The summed E-state index contributed by atoms with van der Waals surface area (Å²) in [4.78, 5) is 23.5. The van der Waals surface area contributed by atoms with Gasteiger partial charge in [0.15, 0.2) is 0 Å². The number of aromatic nitrogens is 3. The van der Waals surface area contributed by atoms with Gasteiger partial charge in [-0.2, -0.15) is 0 Å². The summed E-state index contributed by atoms with van der Waals surface area (Å²) in [6, 6.07) is 8.12. The molecule has 2 N–H and O–H groups in total. The van der Waals surface area contributed by atoms with Crippen LogP contribution in [0.3, 0.4) is 0 Å². The molecule has 0 saturated carbocycles. The van der Waals surface area contributed by atoms with Gasteiger partial charge in [-0.25, -0.2) is 23.5 Å². The van der Waals surface area contributed by atoms with Crippen LogP contribution in [0.15, 0.2) is 48.8 Å². The summed E-state index contributed by atoms with van der Waals surface area (Å²) in [5, 5.41) is 12.2. The van der Waals surface area contributed by atoms with Crippen molar-refractivity contribution in [3.63, 3.8) is 0 Å². The van der Waals surface area contributed by atoms with Crippen molar-refractivity contribution in [1.29, 1.82) is 0 Å². The Balaban J connectivity index is 1.96. The van der Waals surface area contributed by atoms with Gasteiger partial charge in [0.25, 0.3) is 0 Å². The Morgan fingerprint density at radius 2 is 1.88 bits per heavy atom. The summed E-state index contributed by atoms with van der Waals surface area (Å²) in [6.45, 7) is 0.310. The standard InChI is InChI=1S/C17H12F2N4O2/c18-11-5-10(6-12(19)7-11)15-14(16(24)25)9-22-17(23-15)21-8-13-3-1-2-4-20-13/h1-7,9H,8H2,(H,24,25)(H,21,22,23). The summed E-state index contributed by atoms with van der Waals surface area (Å²) in [5.41, 5.74) is 0.405. The van der Waals surface area contributed by atoms with Crippen molar-refractivity contribution < 1.29 is 18.7 Å². The van der Waals surface area contributed by atoms with E-state index in [9.17, 15) is 18.7 Å². The quantitative estimate of drug-likeness (QED) is 0.741. The number of nitrogens with zero attached hydrogens (tertiary/aromatic N) is 3. The third kappa shape index (κ3) is 3.92. The molecule has 0 fully saturated rings. The molecule has 0 aliphatic carbocycles. The lowest BCUT2D eigenvalue weighted by molar-refractivity contribution is 0.0697. The number of benzene rings is 1. The smallest absolute Gasteiger partial charge is 0.339 e. The summed E-state index contributed by atoms with van der Waals surface area (Å²) in [6.07, 6.45) is 2.72. The van der Waals surface area contributed by atoms with E-state index in [4.69, 9.17) is 0 Å². The molecule has 2 aromatic heterocycles. The number of carboxylic acids is 1. The van der Waals surface area contributed by atoms with Gasteiger partial charge in [0, 0.05) is 24.0 Å². The number of hydrogen-bond acceptors (Lipinski definition) is 5. The fraction of sp³-hybridized carbons (Fsp3) is 0.0588. The molecule has 0 radical (unpaired) electrons. The molecule has 25 heavy (non-hydrogen) atoms. The van der Waals surface area contributed by atoms with Crippen molar-refractivity contribution in [2.45, 2.75) is 6.54 Å². The molecule has 2 heterocycles. The van der Waals surface area contributed by atoms with E-state index in [1.165, 1.54) is 0 Å². The van der Waals surface area contributed by atoms with Gasteiger partial charge in [0.05, 0.1) is 17.9 Å². The zero-order chi connectivity index (χ0) is 17.8. The first-order chi connectivity index (χ1) is 12.0. The Kier molecular flexibility index (Phi) is 4.60. The van der Waals surface area contributed by atoms with Gasteiger partial charge in [-0.1, -0.05) is 6.07 Å². The van der Waals surface area contributed by atoms with Crippen LogP contribution in [0.25, 0.3) is 11.3 Å². The topological polar surface area (TPSA) is 88.0 Å². The zero-order valence-corrected chi connectivity index (χ0v) is 12.8. The first-order valence-electron chi connectivity index (χ1n) is 7.23. The van der Waals surface area contributed by atoms with Crippen molar-refractivity contribution in [3.05, 3.63) is 71.7 Å². The van der Waals surface area contributed by atoms with Crippen LogP contribution in [0.1, 0.15) is 16.1 Å². The molecule has 6 nitrogen and oxygen atoms in total. The van der Waals surface area contributed by atoms with E-state index in [0.717, 1.165) is 24.0 Å². The van der Waals surface area contributed by atoms with Gasteiger partial charge in [0.1, 0.15) is 17.2 Å². The van der Waals surface area contributed by atoms with E-state index >= 15 is 0 Å². The number of rotatable bonds is 5. The highest BCUT2D eigenvalue weighted by Crippen LogP contribution is 2.24. The van der Waals surface area contributed by atoms with Crippen LogP contribution >= 0.6 is 0 Å². The molecule has 126 valence electrons. The number of halogens is 2. The lowest BCUT2D eigenvalue weighted by Gasteiger charge is -2.09. The number of anilines is 1.